The molecule has 0 spiro atoms. The largest absolute Gasteiger partial charge is 0.340 e. The van der Waals surface area contributed by atoms with Gasteiger partial charge in [0.05, 0.1) is 6.54 Å². The van der Waals surface area contributed by atoms with Gasteiger partial charge in [0.25, 0.3) is 0 Å². The third-order valence-electron chi connectivity index (χ3n) is 2.94. The van der Waals surface area contributed by atoms with Crippen LogP contribution in [0.2, 0.25) is 0 Å². The van der Waals surface area contributed by atoms with Crippen LogP contribution >= 0.6 is 0 Å². The molecule has 2 fully saturated rings. The summed E-state index contributed by atoms with van der Waals surface area (Å²) in [4.78, 5) is 13.5. The number of rotatable bonds is 4. The van der Waals surface area contributed by atoms with Crippen LogP contribution in [0.1, 0.15) is 12.8 Å². The fourth-order valence-corrected chi connectivity index (χ4v) is 2.76. The predicted octanol–water partition coefficient (Wildman–Crippen LogP) is -0.423. The van der Waals surface area contributed by atoms with Crippen LogP contribution in [0.15, 0.2) is 0 Å². The first kappa shape index (κ1) is 11.1. The molecule has 1 N–H and O–H groups in total. The van der Waals surface area contributed by atoms with E-state index in [1.807, 2.05) is 4.90 Å². The number of hydrogen-bond donors (Lipinski definition) is 1. The lowest BCUT2D eigenvalue weighted by molar-refractivity contribution is -0.129. The fraction of sp³-hybridized carbons (Fsp3) is 0.900. The number of carbonyl (C=O) groups is 1. The highest BCUT2D eigenvalue weighted by atomic mass is 32.2. The highest BCUT2D eigenvalue weighted by molar-refractivity contribution is 7.85. The molecular weight excluding hydrogens is 212 g/mol. The number of hydrogen-bond acceptors (Lipinski definition) is 3. The molecule has 4 nitrogen and oxygen atoms in total. The van der Waals surface area contributed by atoms with Crippen LogP contribution in [-0.2, 0) is 15.6 Å². The Bertz CT molecular complexity index is 256. The Kier molecular flexibility index (Phi) is 3.75. The highest BCUT2D eigenvalue weighted by Gasteiger charge is 2.22. The highest BCUT2D eigenvalue weighted by Crippen LogP contribution is 2.27. The van der Waals surface area contributed by atoms with E-state index in [4.69, 9.17) is 0 Å². The van der Waals surface area contributed by atoms with Crippen molar-refractivity contribution in [2.24, 2.45) is 5.92 Å². The minimum absolute atomic E-state index is 0.160. The third kappa shape index (κ3) is 3.57. The molecule has 0 aromatic heterocycles. The van der Waals surface area contributed by atoms with Crippen LogP contribution in [0.3, 0.4) is 0 Å². The smallest absolute Gasteiger partial charge is 0.236 e. The second-order valence-corrected chi connectivity index (χ2v) is 6.00. The molecule has 86 valence electrons. The molecule has 2 aliphatic rings. The van der Waals surface area contributed by atoms with E-state index < -0.39 is 10.8 Å². The average Bonchev–Trinajstić information content (AvgIpc) is 3.02. The van der Waals surface area contributed by atoms with Crippen molar-refractivity contribution in [2.75, 3.05) is 37.7 Å². The first-order valence-electron chi connectivity index (χ1n) is 5.59. The monoisotopic (exact) mass is 230 g/mol. The van der Waals surface area contributed by atoms with Crippen molar-refractivity contribution in [3.63, 3.8) is 0 Å². The van der Waals surface area contributed by atoms with E-state index in [-0.39, 0.29) is 5.91 Å². The first-order chi connectivity index (χ1) is 7.25. The fourth-order valence-electron chi connectivity index (χ4n) is 1.70. The van der Waals surface area contributed by atoms with Gasteiger partial charge in [-0.2, -0.15) is 0 Å². The van der Waals surface area contributed by atoms with E-state index in [1.165, 1.54) is 12.8 Å². The van der Waals surface area contributed by atoms with Crippen molar-refractivity contribution in [2.45, 2.75) is 12.8 Å². The van der Waals surface area contributed by atoms with Crippen molar-refractivity contribution in [3.05, 3.63) is 0 Å². The molecule has 0 unspecified atom stereocenters. The molecule has 1 aliphatic carbocycles. The molecule has 1 saturated carbocycles. The second-order valence-electron chi connectivity index (χ2n) is 4.30. The van der Waals surface area contributed by atoms with Gasteiger partial charge in [0.2, 0.25) is 5.91 Å². The van der Waals surface area contributed by atoms with Gasteiger partial charge >= 0.3 is 0 Å². The van der Waals surface area contributed by atoms with E-state index in [1.54, 1.807) is 0 Å². The molecule has 0 bridgehead atoms. The Morgan fingerprint density at radius 2 is 2.00 bits per heavy atom. The van der Waals surface area contributed by atoms with Gasteiger partial charge in [-0.25, -0.2) is 0 Å². The predicted molar refractivity (Wildman–Crippen MR) is 60.1 cm³/mol. The van der Waals surface area contributed by atoms with E-state index in [9.17, 15) is 9.00 Å². The molecular formula is C10H18N2O2S. The maximum absolute atomic E-state index is 11.7. The van der Waals surface area contributed by atoms with Crippen molar-refractivity contribution < 1.29 is 9.00 Å². The summed E-state index contributed by atoms with van der Waals surface area (Å²) in [5.74, 6) is 2.27. The van der Waals surface area contributed by atoms with Gasteiger partial charge in [-0.3, -0.25) is 9.00 Å². The molecule has 15 heavy (non-hydrogen) atoms. The summed E-state index contributed by atoms with van der Waals surface area (Å²) in [6.45, 7) is 2.75. The van der Waals surface area contributed by atoms with Gasteiger partial charge in [-0.05, 0) is 25.3 Å². The minimum atomic E-state index is -0.695. The summed E-state index contributed by atoms with van der Waals surface area (Å²) in [7, 11) is -0.695. The number of amides is 1. The zero-order chi connectivity index (χ0) is 10.7. The van der Waals surface area contributed by atoms with Crippen LogP contribution in [0.25, 0.3) is 0 Å². The van der Waals surface area contributed by atoms with Crippen LogP contribution in [0.4, 0.5) is 0 Å². The summed E-state index contributed by atoms with van der Waals surface area (Å²) in [6, 6.07) is 0. The number of carbonyl (C=O) groups excluding carboxylic acids is 1. The van der Waals surface area contributed by atoms with Crippen molar-refractivity contribution in [1.29, 1.82) is 0 Å². The van der Waals surface area contributed by atoms with Crippen molar-refractivity contribution in [1.82, 2.24) is 10.2 Å². The molecule has 0 radical (unpaired) electrons. The lowest BCUT2D eigenvalue weighted by Crippen LogP contribution is -2.45. The standard InChI is InChI=1S/C10H18N2O2S/c13-10(8-11-7-9-1-2-9)12-3-5-15(14)6-4-12/h9,11H,1-8H2. The summed E-state index contributed by atoms with van der Waals surface area (Å²) in [5.41, 5.74) is 0. The molecule has 1 amide bonds. The Morgan fingerprint density at radius 1 is 1.33 bits per heavy atom. The minimum Gasteiger partial charge on any atom is -0.340 e. The quantitative estimate of drug-likeness (QED) is 0.713. The van der Waals surface area contributed by atoms with Crippen molar-refractivity contribution >= 4 is 16.7 Å². The molecule has 1 saturated heterocycles. The molecule has 5 heteroatoms. The van der Waals surface area contributed by atoms with Gasteiger partial charge < -0.3 is 10.2 Å². The number of nitrogens with one attached hydrogen (secondary N) is 1. The number of nitrogens with zero attached hydrogens (tertiary/aromatic N) is 1. The first-order valence-corrected chi connectivity index (χ1v) is 7.08. The SMILES string of the molecule is O=C(CNCC1CC1)N1CCS(=O)CC1. The van der Waals surface area contributed by atoms with Gasteiger partial charge in [0.15, 0.2) is 0 Å². The lowest BCUT2D eigenvalue weighted by atomic mass is 10.4. The Hall–Kier alpha value is -0.420. The van der Waals surface area contributed by atoms with Crippen LogP contribution in [-0.4, -0.2) is 52.7 Å². The van der Waals surface area contributed by atoms with Crippen LogP contribution in [0, 0.1) is 5.92 Å². The summed E-state index contributed by atoms with van der Waals surface area (Å²) in [6.07, 6.45) is 2.62. The Morgan fingerprint density at radius 3 is 2.60 bits per heavy atom. The topological polar surface area (TPSA) is 49.4 Å². The normalized spacial score (nSPS) is 23.1. The molecule has 0 aromatic carbocycles. The zero-order valence-corrected chi connectivity index (χ0v) is 9.72. The molecule has 0 atom stereocenters. The van der Waals surface area contributed by atoms with E-state index in [2.05, 4.69) is 5.32 Å². The van der Waals surface area contributed by atoms with Gasteiger partial charge in [-0.1, -0.05) is 0 Å². The zero-order valence-electron chi connectivity index (χ0n) is 8.91. The maximum Gasteiger partial charge on any atom is 0.236 e. The summed E-state index contributed by atoms with van der Waals surface area (Å²) >= 11 is 0. The van der Waals surface area contributed by atoms with E-state index in [0.29, 0.717) is 31.1 Å². The van der Waals surface area contributed by atoms with E-state index >= 15 is 0 Å². The van der Waals surface area contributed by atoms with E-state index in [0.717, 1.165) is 12.5 Å². The molecule has 0 aromatic rings. The van der Waals surface area contributed by atoms with Gasteiger partial charge in [0, 0.05) is 35.4 Å². The Balaban J connectivity index is 1.63. The van der Waals surface area contributed by atoms with Crippen LogP contribution in [0.5, 0.6) is 0 Å². The van der Waals surface area contributed by atoms with Crippen LogP contribution < -0.4 is 5.32 Å². The molecule has 1 aliphatic heterocycles. The van der Waals surface area contributed by atoms with Gasteiger partial charge in [0.1, 0.15) is 0 Å². The van der Waals surface area contributed by atoms with Crippen molar-refractivity contribution in [3.8, 4) is 0 Å². The maximum atomic E-state index is 11.7. The summed E-state index contributed by atoms with van der Waals surface area (Å²) in [5, 5.41) is 3.19. The third-order valence-corrected chi connectivity index (χ3v) is 4.21. The molecule has 1 heterocycles. The summed E-state index contributed by atoms with van der Waals surface area (Å²) < 4.78 is 11.1. The molecule has 2 rings (SSSR count). The lowest BCUT2D eigenvalue weighted by Gasteiger charge is -2.26. The Labute approximate surface area is 92.9 Å². The van der Waals surface area contributed by atoms with Gasteiger partial charge in [-0.15, -0.1) is 0 Å². The second kappa shape index (κ2) is 5.07. The average molecular weight is 230 g/mol.